The predicted molar refractivity (Wildman–Crippen MR) is 119 cm³/mol. The van der Waals surface area contributed by atoms with Crippen LogP contribution in [0.2, 0.25) is 0 Å². The molecule has 0 unspecified atom stereocenters. The molecule has 32 heavy (non-hydrogen) atoms. The molecule has 0 bridgehead atoms. The first-order valence-corrected chi connectivity index (χ1v) is 10.9. The van der Waals surface area contributed by atoms with E-state index in [0.717, 1.165) is 16.3 Å². The number of carbonyl (C=O) groups is 1. The molecule has 5 rings (SSSR count). The average Bonchev–Trinajstić information content (AvgIpc) is 3.59. The average molecular weight is 446 g/mol. The van der Waals surface area contributed by atoms with E-state index in [2.05, 4.69) is 30.7 Å². The third-order valence-electron chi connectivity index (χ3n) is 4.69. The second kappa shape index (κ2) is 9.06. The van der Waals surface area contributed by atoms with Crippen LogP contribution in [0.25, 0.3) is 33.8 Å². The van der Waals surface area contributed by atoms with E-state index in [0.29, 0.717) is 41.5 Å². The van der Waals surface area contributed by atoms with Crippen molar-refractivity contribution in [2.24, 2.45) is 0 Å². The Morgan fingerprint density at radius 3 is 2.84 bits per heavy atom. The summed E-state index contributed by atoms with van der Waals surface area (Å²) in [6.45, 7) is 0.429. The number of H-pyrrole nitrogens is 1. The lowest BCUT2D eigenvalue weighted by Crippen LogP contribution is -2.27. The second-order valence-corrected chi connectivity index (χ2v) is 7.83. The normalized spacial score (nSPS) is 11.1. The number of amides is 1. The van der Waals surface area contributed by atoms with Gasteiger partial charge in [-0.2, -0.15) is 5.10 Å². The minimum atomic E-state index is -0.133. The Kier molecular flexibility index (Phi) is 5.67. The highest BCUT2D eigenvalue weighted by molar-refractivity contribution is 7.99. The van der Waals surface area contributed by atoms with Crippen LogP contribution in [0.15, 0.2) is 74.9 Å². The van der Waals surface area contributed by atoms with Crippen molar-refractivity contribution in [3.8, 4) is 23.0 Å². The highest BCUT2D eigenvalue weighted by Crippen LogP contribution is 2.26. The highest BCUT2D eigenvalue weighted by atomic mass is 32.2. The number of hydrogen-bond acceptors (Lipinski definition) is 8. The van der Waals surface area contributed by atoms with E-state index in [1.807, 2.05) is 42.5 Å². The lowest BCUT2D eigenvalue weighted by Gasteiger charge is -2.02. The maximum Gasteiger partial charge on any atom is 0.277 e. The quantitative estimate of drug-likeness (QED) is 0.346. The molecule has 3 aromatic heterocycles. The van der Waals surface area contributed by atoms with Gasteiger partial charge in [-0.1, -0.05) is 42.1 Å². The Bertz CT molecular complexity index is 1340. The summed E-state index contributed by atoms with van der Waals surface area (Å²) in [5, 5.41) is 20.5. The van der Waals surface area contributed by atoms with Crippen LogP contribution in [-0.4, -0.2) is 43.6 Å². The Morgan fingerprint density at radius 1 is 1.06 bits per heavy atom. The van der Waals surface area contributed by atoms with Crippen molar-refractivity contribution in [1.29, 1.82) is 0 Å². The third-order valence-corrected chi connectivity index (χ3v) is 5.51. The fourth-order valence-corrected chi connectivity index (χ4v) is 3.72. The van der Waals surface area contributed by atoms with Gasteiger partial charge in [-0.25, -0.2) is 4.98 Å². The molecule has 1 amide bonds. The number of rotatable bonds is 8. The zero-order chi connectivity index (χ0) is 21.8. The molecule has 9 nitrogen and oxygen atoms in total. The molecular formula is C22H18N6O3S. The van der Waals surface area contributed by atoms with Gasteiger partial charge in [-0.3, -0.25) is 9.89 Å². The number of aromatic amines is 1. The summed E-state index contributed by atoms with van der Waals surface area (Å²) in [6, 6.07) is 17.6. The smallest absolute Gasteiger partial charge is 0.277 e. The van der Waals surface area contributed by atoms with Crippen LogP contribution in [0.5, 0.6) is 0 Å². The molecule has 160 valence electrons. The van der Waals surface area contributed by atoms with Crippen molar-refractivity contribution in [3.05, 3.63) is 66.7 Å². The van der Waals surface area contributed by atoms with Gasteiger partial charge < -0.3 is 14.2 Å². The molecule has 0 atom stereocenters. The van der Waals surface area contributed by atoms with Gasteiger partial charge >= 0.3 is 0 Å². The van der Waals surface area contributed by atoms with Crippen LogP contribution in [0.1, 0.15) is 5.82 Å². The number of aromatic nitrogens is 5. The highest BCUT2D eigenvalue weighted by Gasteiger charge is 2.12. The maximum atomic E-state index is 12.1. The van der Waals surface area contributed by atoms with Gasteiger partial charge in [0.1, 0.15) is 5.82 Å². The first-order chi connectivity index (χ1) is 15.7. The fraction of sp³-hybridized carbons (Fsp3) is 0.136. The van der Waals surface area contributed by atoms with Crippen molar-refractivity contribution in [3.63, 3.8) is 0 Å². The monoisotopic (exact) mass is 446 g/mol. The number of thioether (sulfide) groups is 1. The third kappa shape index (κ3) is 4.54. The fourth-order valence-electron chi connectivity index (χ4n) is 3.13. The van der Waals surface area contributed by atoms with Crippen molar-refractivity contribution in [2.75, 3.05) is 12.3 Å². The molecule has 0 aliphatic rings. The summed E-state index contributed by atoms with van der Waals surface area (Å²) in [5.41, 5.74) is 0.841. The number of furan rings is 1. The molecule has 0 aliphatic heterocycles. The van der Waals surface area contributed by atoms with E-state index >= 15 is 0 Å². The molecule has 2 N–H and O–H groups in total. The Balaban J connectivity index is 1.10. The standard InChI is InChI=1S/C22H18N6O3S/c29-19(23-10-9-18-24-20(26-25-18)17-6-3-11-30-17)13-32-22-28-27-21(31-22)16-8-7-14-4-1-2-5-15(14)12-16/h1-8,11-12H,9-10,13H2,(H,23,29)(H,24,25,26). The topological polar surface area (TPSA) is 123 Å². The number of carbonyl (C=O) groups excluding carboxylic acids is 1. The van der Waals surface area contributed by atoms with Crippen LogP contribution < -0.4 is 5.32 Å². The molecule has 0 spiro atoms. The first-order valence-electron chi connectivity index (χ1n) is 9.92. The number of hydrogen-bond donors (Lipinski definition) is 2. The summed E-state index contributed by atoms with van der Waals surface area (Å²) in [7, 11) is 0. The minimum Gasteiger partial charge on any atom is -0.461 e. The minimum absolute atomic E-state index is 0.133. The Hall–Kier alpha value is -3.92. The van der Waals surface area contributed by atoms with Gasteiger partial charge in [-0.15, -0.1) is 10.2 Å². The number of nitrogens with one attached hydrogen (secondary N) is 2. The lowest BCUT2D eigenvalue weighted by atomic mass is 10.1. The summed E-state index contributed by atoms with van der Waals surface area (Å²) < 4.78 is 11.0. The van der Waals surface area contributed by atoms with Crippen LogP contribution in [0.3, 0.4) is 0 Å². The van der Waals surface area contributed by atoms with Crippen LogP contribution in [0, 0.1) is 0 Å². The van der Waals surface area contributed by atoms with Crippen molar-refractivity contribution >= 4 is 28.4 Å². The van der Waals surface area contributed by atoms with Gasteiger partial charge in [0, 0.05) is 18.5 Å². The van der Waals surface area contributed by atoms with Crippen LogP contribution in [0.4, 0.5) is 0 Å². The predicted octanol–water partition coefficient (Wildman–Crippen LogP) is 3.72. The Morgan fingerprint density at radius 2 is 1.97 bits per heavy atom. The van der Waals surface area contributed by atoms with Crippen molar-refractivity contribution in [1.82, 2.24) is 30.7 Å². The molecule has 10 heteroatoms. The zero-order valence-electron chi connectivity index (χ0n) is 16.8. The molecule has 3 heterocycles. The molecule has 0 saturated carbocycles. The van der Waals surface area contributed by atoms with Gasteiger partial charge in [0.25, 0.3) is 5.22 Å². The van der Waals surface area contributed by atoms with Gasteiger partial charge in [0.2, 0.25) is 17.6 Å². The molecule has 0 saturated heterocycles. The molecule has 0 fully saturated rings. The van der Waals surface area contributed by atoms with Gasteiger partial charge in [0.05, 0.1) is 12.0 Å². The molecule has 2 aromatic carbocycles. The molecule has 0 aliphatic carbocycles. The SMILES string of the molecule is O=C(CSc1nnc(-c2ccc3ccccc3c2)o1)NCCc1nc(-c2ccco2)n[nH]1. The number of fused-ring (bicyclic) bond motifs is 1. The summed E-state index contributed by atoms with van der Waals surface area (Å²) in [4.78, 5) is 16.5. The van der Waals surface area contributed by atoms with Crippen LogP contribution >= 0.6 is 11.8 Å². The van der Waals surface area contributed by atoms with Crippen LogP contribution in [-0.2, 0) is 11.2 Å². The number of benzene rings is 2. The first kappa shape index (κ1) is 20.0. The van der Waals surface area contributed by atoms with Gasteiger partial charge in [0.15, 0.2) is 5.76 Å². The zero-order valence-corrected chi connectivity index (χ0v) is 17.6. The van der Waals surface area contributed by atoms with Crippen molar-refractivity contribution in [2.45, 2.75) is 11.6 Å². The van der Waals surface area contributed by atoms with Gasteiger partial charge in [-0.05, 0) is 35.0 Å². The van der Waals surface area contributed by atoms with E-state index in [-0.39, 0.29) is 11.7 Å². The van der Waals surface area contributed by atoms with Crippen molar-refractivity contribution < 1.29 is 13.6 Å². The maximum absolute atomic E-state index is 12.1. The van der Waals surface area contributed by atoms with E-state index < -0.39 is 0 Å². The summed E-state index contributed by atoms with van der Waals surface area (Å²) in [6.07, 6.45) is 2.09. The number of nitrogens with zero attached hydrogens (tertiary/aromatic N) is 4. The molecular weight excluding hydrogens is 428 g/mol. The lowest BCUT2D eigenvalue weighted by molar-refractivity contribution is -0.118. The second-order valence-electron chi connectivity index (χ2n) is 6.91. The van der Waals surface area contributed by atoms with E-state index in [9.17, 15) is 4.79 Å². The Labute approximate surface area is 186 Å². The van der Waals surface area contributed by atoms with E-state index in [4.69, 9.17) is 8.83 Å². The molecule has 5 aromatic rings. The van der Waals surface area contributed by atoms with E-state index in [1.54, 1.807) is 18.4 Å². The van der Waals surface area contributed by atoms with E-state index in [1.165, 1.54) is 11.8 Å². The summed E-state index contributed by atoms with van der Waals surface area (Å²) >= 11 is 1.20. The molecule has 0 radical (unpaired) electrons. The largest absolute Gasteiger partial charge is 0.461 e. The summed E-state index contributed by atoms with van der Waals surface area (Å²) in [5.74, 6) is 2.22.